The van der Waals surface area contributed by atoms with Crippen molar-refractivity contribution in [3.63, 3.8) is 0 Å². The smallest absolute Gasteiger partial charge is 0.0740 e. The first-order valence-electron chi connectivity index (χ1n) is 4.21. The van der Waals surface area contributed by atoms with E-state index in [0.29, 0.717) is 3.74 Å². The Labute approximate surface area is 108 Å². The minimum absolute atomic E-state index is 0.0282. The molecular formula is C8H12Br4. The Kier molecular flexibility index (Phi) is 5.12. The fourth-order valence-corrected chi connectivity index (χ4v) is 3.33. The minimum Gasteiger partial charge on any atom is -0.0740 e. The second kappa shape index (κ2) is 5.13. The Morgan fingerprint density at radius 2 is 1.50 bits per heavy atom. The summed E-state index contributed by atoms with van der Waals surface area (Å²) in [6, 6.07) is 0. The predicted octanol–water partition coefficient (Wildman–Crippen LogP) is 5.17. The number of alkyl halides is 4. The summed E-state index contributed by atoms with van der Waals surface area (Å²) in [5, 5.41) is 0. The van der Waals surface area contributed by atoms with E-state index in [9.17, 15) is 0 Å². The molecule has 1 aliphatic carbocycles. The normalized spacial score (nSPS) is 21.8. The summed E-state index contributed by atoms with van der Waals surface area (Å²) in [7, 11) is 0. The average Bonchev–Trinajstić information content (AvgIpc) is 2.06. The van der Waals surface area contributed by atoms with Crippen LogP contribution >= 0.6 is 63.7 Å². The maximum atomic E-state index is 3.73. The second-order valence-corrected chi connectivity index (χ2v) is 10.1. The first-order chi connectivity index (χ1) is 5.55. The Morgan fingerprint density at radius 1 is 1.00 bits per heavy atom. The van der Waals surface area contributed by atoms with Crippen LogP contribution in [0.4, 0.5) is 0 Å². The van der Waals surface area contributed by atoms with Crippen molar-refractivity contribution in [2.45, 2.75) is 39.1 Å². The molecule has 1 aliphatic rings. The number of rotatable bonds is 2. The maximum absolute atomic E-state index is 3.73. The molecule has 0 bridgehead atoms. The van der Waals surface area contributed by atoms with E-state index >= 15 is 0 Å². The van der Waals surface area contributed by atoms with Gasteiger partial charge in [-0.25, -0.2) is 0 Å². The summed E-state index contributed by atoms with van der Waals surface area (Å²) in [4.78, 5) is 0. The van der Waals surface area contributed by atoms with Crippen LogP contribution in [0.1, 0.15) is 32.1 Å². The molecule has 0 aromatic rings. The summed E-state index contributed by atoms with van der Waals surface area (Å²) >= 11 is 14.6. The third-order valence-electron chi connectivity index (χ3n) is 2.44. The topological polar surface area (TPSA) is 0 Å². The van der Waals surface area contributed by atoms with Crippen molar-refractivity contribution < 1.29 is 0 Å². The van der Waals surface area contributed by atoms with Gasteiger partial charge >= 0.3 is 0 Å². The molecule has 0 N–H and O–H groups in total. The van der Waals surface area contributed by atoms with Crippen LogP contribution in [0.3, 0.4) is 0 Å². The second-order valence-electron chi connectivity index (χ2n) is 3.31. The third-order valence-corrected chi connectivity index (χ3v) is 8.55. The predicted molar refractivity (Wildman–Crippen MR) is 68.8 cm³/mol. The molecule has 0 spiro atoms. The van der Waals surface area contributed by atoms with Crippen LogP contribution in [0.25, 0.3) is 0 Å². The molecule has 0 saturated heterocycles. The standard InChI is InChI=1S/C8H12Br4/c9-7(10)8(11,12)6-4-2-1-3-5-6/h6-7H,1-5H2. The number of hydrogen-bond donors (Lipinski definition) is 0. The van der Waals surface area contributed by atoms with Crippen molar-refractivity contribution in [1.82, 2.24) is 0 Å². The van der Waals surface area contributed by atoms with E-state index < -0.39 is 0 Å². The van der Waals surface area contributed by atoms with Gasteiger partial charge in [0.2, 0.25) is 0 Å². The van der Waals surface area contributed by atoms with Crippen molar-refractivity contribution in [2.75, 3.05) is 0 Å². The van der Waals surface area contributed by atoms with Crippen LogP contribution < -0.4 is 0 Å². The van der Waals surface area contributed by atoms with E-state index in [1.165, 1.54) is 32.1 Å². The quantitative estimate of drug-likeness (QED) is 0.533. The largest absolute Gasteiger partial charge is 0.105 e. The zero-order valence-corrected chi connectivity index (χ0v) is 13.0. The fraction of sp³-hybridized carbons (Fsp3) is 1.00. The molecule has 1 saturated carbocycles. The molecule has 0 nitrogen and oxygen atoms in total. The molecule has 0 atom stereocenters. The van der Waals surface area contributed by atoms with Crippen LogP contribution in [0.5, 0.6) is 0 Å². The van der Waals surface area contributed by atoms with Crippen molar-refractivity contribution in [3.05, 3.63) is 0 Å². The lowest BCUT2D eigenvalue weighted by molar-refractivity contribution is 0.349. The van der Waals surface area contributed by atoms with Gasteiger partial charge in [-0.15, -0.1) is 0 Å². The molecule has 0 unspecified atom stereocenters. The highest BCUT2D eigenvalue weighted by atomic mass is 79.9. The fourth-order valence-electron chi connectivity index (χ4n) is 1.67. The van der Waals surface area contributed by atoms with Crippen molar-refractivity contribution >= 4 is 63.7 Å². The highest BCUT2D eigenvalue weighted by molar-refractivity contribution is 9.30. The lowest BCUT2D eigenvalue weighted by Crippen LogP contribution is -2.32. The molecule has 0 aliphatic heterocycles. The first kappa shape index (κ1) is 12.0. The van der Waals surface area contributed by atoms with E-state index in [1.54, 1.807) is 0 Å². The third kappa shape index (κ3) is 2.96. The van der Waals surface area contributed by atoms with Gasteiger partial charge in [0.25, 0.3) is 0 Å². The lowest BCUT2D eigenvalue weighted by Gasteiger charge is -2.34. The molecule has 0 amide bonds. The summed E-state index contributed by atoms with van der Waals surface area (Å²) in [5.74, 6) is 0.731. The zero-order valence-electron chi connectivity index (χ0n) is 6.70. The molecule has 0 aromatic heterocycles. The van der Waals surface area contributed by atoms with Gasteiger partial charge in [0.1, 0.15) is 3.23 Å². The molecule has 0 heterocycles. The Morgan fingerprint density at radius 3 is 1.92 bits per heavy atom. The zero-order chi connectivity index (χ0) is 9.19. The molecule has 1 rings (SSSR count). The number of hydrogen-bond acceptors (Lipinski definition) is 0. The van der Waals surface area contributed by atoms with Gasteiger partial charge in [-0.05, 0) is 18.8 Å². The molecule has 0 radical (unpaired) electrons. The van der Waals surface area contributed by atoms with E-state index in [0.717, 1.165) is 5.92 Å². The van der Waals surface area contributed by atoms with Gasteiger partial charge in [0.15, 0.2) is 0 Å². The van der Waals surface area contributed by atoms with Crippen LogP contribution in [0.2, 0.25) is 0 Å². The summed E-state index contributed by atoms with van der Waals surface area (Å²) in [6.07, 6.45) is 6.79. The summed E-state index contributed by atoms with van der Waals surface area (Å²) in [5.41, 5.74) is 0. The highest BCUT2D eigenvalue weighted by Gasteiger charge is 2.39. The van der Waals surface area contributed by atoms with Gasteiger partial charge in [-0.2, -0.15) is 0 Å². The lowest BCUT2D eigenvalue weighted by atomic mass is 9.87. The van der Waals surface area contributed by atoms with E-state index in [4.69, 9.17) is 0 Å². The van der Waals surface area contributed by atoms with Gasteiger partial charge < -0.3 is 0 Å². The SMILES string of the molecule is BrC(Br)C(Br)(Br)C1CCCCC1. The van der Waals surface area contributed by atoms with E-state index in [1.807, 2.05) is 0 Å². The van der Waals surface area contributed by atoms with Gasteiger partial charge in [-0.1, -0.05) is 83.0 Å². The van der Waals surface area contributed by atoms with Crippen molar-refractivity contribution in [2.24, 2.45) is 5.92 Å². The summed E-state index contributed by atoms with van der Waals surface area (Å²) < 4.78 is 0.320. The van der Waals surface area contributed by atoms with Gasteiger partial charge in [0.05, 0.1) is 3.74 Å². The average molecular weight is 428 g/mol. The maximum Gasteiger partial charge on any atom is 0.105 e. The summed E-state index contributed by atoms with van der Waals surface area (Å²) in [6.45, 7) is 0. The van der Waals surface area contributed by atoms with Gasteiger partial charge in [-0.3, -0.25) is 0 Å². The van der Waals surface area contributed by atoms with Gasteiger partial charge in [0, 0.05) is 0 Å². The molecule has 4 heteroatoms. The van der Waals surface area contributed by atoms with Crippen LogP contribution in [0.15, 0.2) is 0 Å². The van der Waals surface area contributed by atoms with Crippen molar-refractivity contribution in [1.29, 1.82) is 0 Å². The van der Waals surface area contributed by atoms with Crippen LogP contribution in [-0.4, -0.2) is 6.97 Å². The molecular weight excluding hydrogens is 416 g/mol. The molecule has 12 heavy (non-hydrogen) atoms. The number of halogens is 4. The Balaban J connectivity index is 2.53. The highest BCUT2D eigenvalue weighted by Crippen LogP contribution is 2.49. The van der Waals surface area contributed by atoms with E-state index in [-0.39, 0.29) is 3.23 Å². The molecule has 0 aromatic carbocycles. The Hall–Kier alpha value is 1.92. The van der Waals surface area contributed by atoms with Crippen LogP contribution in [0, 0.1) is 5.92 Å². The minimum atomic E-state index is 0.0282. The van der Waals surface area contributed by atoms with Crippen LogP contribution in [-0.2, 0) is 0 Å². The monoisotopic (exact) mass is 424 g/mol. The molecule has 1 fully saturated rings. The first-order valence-corrected chi connectivity index (χ1v) is 7.63. The van der Waals surface area contributed by atoms with Crippen molar-refractivity contribution in [3.8, 4) is 0 Å². The molecule has 72 valence electrons. The Bertz CT molecular complexity index is 138. The van der Waals surface area contributed by atoms with E-state index in [2.05, 4.69) is 63.7 Å².